The molecule has 0 unspecified atom stereocenters. The second-order valence-electron chi connectivity index (χ2n) is 0.301. The van der Waals surface area contributed by atoms with Crippen LogP contribution < -0.4 is 0 Å². The van der Waals surface area contributed by atoms with Crippen molar-refractivity contribution in [3.8, 4) is 0 Å². The molecule has 0 fully saturated rings. The summed E-state index contributed by atoms with van der Waals surface area (Å²) in [5.41, 5.74) is 0. The van der Waals surface area contributed by atoms with E-state index in [1.54, 1.807) is 0 Å². The minimum Gasteiger partial charge on any atom is -0.157 e. The molecule has 4 heavy (non-hydrogen) atoms. The number of hydrogen-bond donors (Lipinski definition) is 0. The molecule has 0 radical (unpaired) electrons. The van der Waals surface area contributed by atoms with Gasteiger partial charge in [0.15, 0.2) is 0 Å². The van der Waals surface area contributed by atoms with Crippen LogP contribution in [-0.4, -0.2) is 5.76 Å². The minimum absolute atomic E-state index is 1.98. The summed E-state index contributed by atoms with van der Waals surface area (Å²) in [6.07, 6.45) is 0. The zero-order valence-corrected chi connectivity index (χ0v) is 2.83. The molecule has 0 amide bonds. The molecule has 0 bridgehead atoms. The molecule has 0 aliphatic heterocycles. The van der Waals surface area contributed by atoms with E-state index in [0.717, 1.165) is 0 Å². The molecule has 0 aromatic carbocycles. The summed E-state index contributed by atoms with van der Waals surface area (Å²) in [6, 6.07) is 0. The molecule has 0 aromatic rings. The fraction of sp³-hybridized carbons (Fsp3) is 1.00. The van der Waals surface area contributed by atoms with E-state index in [1.165, 1.54) is 0 Å². The Morgan fingerprint density at radius 3 is 1.50 bits per heavy atom. The Morgan fingerprint density at radius 1 is 1.50 bits per heavy atom. The molecular weight excluding hydrogens is 82.1 g/mol. The molecule has 0 atom stereocenters. The topological polar surface area (TPSA) is 0 Å². The van der Waals surface area contributed by atoms with Gasteiger partial charge in [0, 0.05) is 12.6 Å². The molecule has 0 aliphatic carbocycles. The zero-order chi connectivity index (χ0) is 3.58. The van der Waals surface area contributed by atoms with Gasteiger partial charge >= 0.3 is 5.76 Å². The maximum Gasteiger partial charge on any atom is 0.395 e. The largest absolute Gasteiger partial charge is 0.395 e. The van der Waals surface area contributed by atoms with Crippen LogP contribution >= 0.6 is 0 Å². The minimum atomic E-state index is -2.36. The first-order valence-electron chi connectivity index (χ1n) is 0.725. The third-order valence-corrected chi connectivity index (χ3v) is 0. The summed E-state index contributed by atoms with van der Waals surface area (Å²) in [6.45, 7) is 0. The summed E-state index contributed by atoms with van der Waals surface area (Å²) in [5.74, 6) is -2.36. The van der Waals surface area contributed by atoms with Crippen LogP contribution in [0.25, 0.3) is 0 Å². The fourth-order valence-corrected chi connectivity index (χ4v) is 0. The fourth-order valence-electron chi connectivity index (χ4n) is 0. The first-order valence-corrected chi connectivity index (χ1v) is 1.30. The van der Waals surface area contributed by atoms with E-state index in [4.69, 9.17) is 0 Å². The van der Waals surface area contributed by atoms with Gasteiger partial charge in [-0.15, -0.1) is 0 Å². The molecule has 0 heterocycles. The van der Waals surface area contributed by atoms with Gasteiger partial charge in [-0.3, -0.25) is 0 Å². The molecular formula is CH3F2S+. The molecule has 0 aliphatic rings. The SMILES string of the molecule is FC(F)[SH2+]. The average Bonchev–Trinajstić information content (AvgIpc) is 0.811. The summed E-state index contributed by atoms with van der Waals surface area (Å²) < 4.78 is 20.5. The Bertz CT molecular complexity index is 10.8. The van der Waals surface area contributed by atoms with Crippen LogP contribution in [0.5, 0.6) is 0 Å². The molecule has 26 valence electrons. The molecule has 0 saturated carbocycles. The van der Waals surface area contributed by atoms with Gasteiger partial charge in [0.25, 0.3) is 0 Å². The standard InChI is InChI=1S/CH2F2S/c2-1(3)4/h1,4H/p+1. The molecule has 0 N–H and O–H groups in total. The van der Waals surface area contributed by atoms with Crippen molar-refractivity contribution < 1.29 is 8.78 Å². The normalized spacial score (nSPS) is 9.00. The highest BCUT2D eigenvalue weighted by Gasteiger charge is 1.90. The maximum absolute atomic E-state index is 10.2. The lowest BCUT2D eigenvalue weighted by molar-refractivity contribution is 0.253. The van der Waals surface area contributed by atoms with Gasteiger partial charge in [0.1, 0.15) is 0 Å². The van der Waals surface area contributed by atoms with Crippen LogP contribution in [0, 0.1) is 0 Å². The highest BCUT2D eigenvalue weighted by atomic mass is 32.1. The summed E-state index contributed by atoms with van der Waals surface area (Å²) in [4.78, 5) is 0. The van der Waals surface area contributed by atoms with Gasteiger partial charge in [-0.1, -0.05) is 0 Å². The van der Waals surface area contributed by atoms with Gasteiger partial charge in [-0.25, -0.2) is 0 Å². The number of rotatable bonds is 0. The number of alkyl halides is 2. The number of hydrogen-bond acceptors (Lipinski definition) is 0. The van der Waals surface area contributed by atoms with Crippen molar-refractivity contribution in [3.05, 3.63) is 0 Å². The lowest BCUT2D eigenvalue weighted by Crippen LogP contribution is -1.72. The summed E-state index contributed by atoms with van der Waals surface area (Å²) in [5, 5.41) is 0. The maximum atomic E-state index is 10.2. The van der Waals surface area contributed by atoms with Crippen LogP contribution in [0.4, 0.5) is 8.78 Å². The van der Waals surface area contributed by atoms with Crippen LogP contribution in [0.2, 0.25) is 0 Å². The van der Waals surface area contributed by atoms with Crippen LogP contribution in [0.1, 0.15) is 0 Å². The Hall–Kier alpha value is 0.210. The van der Waals surface area contributed by atoms with E-state index >= 15 is 0 Å². The van der Waals surface area contributed by atoms with Gasteiger partial charge < -0.3 is 0 Å². The van der Waals surface area contributed by atoms with Gasteiger partial charge in [0.2, 0.25) is 0 Å². The van der Waals surface area contributed by atoms with Gasteiger partial charge in [-0.2, -0.15) is 8.78 Å². The Kier molecular flexibility index (Phi) is 1.60. The quantitative estimate of drug-likeness (QED) is 0.369. The van der Waals surface area contributed by atoms with Crippen molar-refractivity contribution in [2.45, 2.75) is 5.76 Å². The average molecular weight is 85.1 g/mol. The third-order valence-electron chi connectivity index (χ3n) is 0. The van der Waals surface area contributed by atoms with E-state index in [1.807, 2.05) is 12.6 Å². The van der Waals surface area contributed by atoms with Gasteiger partial charge in [0.05, 0.1) is 0 Å². The van der Waals surface area contributed by atoms with E-state index in [0.29, 0.717) is 0 Å². The first-order chi connectivity index (χ1) is 1.73. The monoisotopic (exact) mass is 85.0 g/mol. The predicted molar refractivity (Wildman–Crippen MR) is 16.2 cm³/mol. The van der Waals surface area contributed by atoms with Crippen molar-refractivity contribution in [1.82, 2.24) is 0 Å². The van der Waals surface area contributed by atoms with Crippen LogP contribution in [0.3, 0.4) is 0 Å². The van der Waals surface area contributed by atoms with Crippen molar-refractivity contribution >= 4 is 12.6 Å². The van der Waals surface area contributed by atoms with Crippen molar-refractivity contribution in [2.24, 2.45) is 0 Å². The second kappa shape index (κ2) is 1.52. The van der Waals surface area contributed by atoms with E-state index < -0.39 is 5.76 Å². The van der Waals surface area contributed by atoms with Crippen LogP contribution in [-0.2, 0) is 12.6 Å². The molecule has 0 aromatic heterocycles. The Labute approximate surface area is 28.2 Å². The predicted octanol–water partition coefficient (Wildman–Crippen LogP) is 0.221. The first kappa shape index (κ1) is 4.21. The highest BCUT2D eigenvalue weighted by Crippen LogP contribution is 1.80. The molecule has 0 rings (SSSR count). The van der Waals surface area contributed by atoms with Crippen molar-refractivity contribution in [1.29, 1.82) is 0 Å². The van der Waals surface area contributed by atoms with Crippen molar-refractivity contribution in [3.63, 3.8) is 0 Å². The Balaban J connectivity index is 2.32. The Morgan fingerprint density at radius 2 is 1.50 bits per heavy atom. The summed E-state index contributed by atoms with van der Waals surface area (Å²) in [7, 11) is 0. The third kappa shape index (κ3) is 73.4. The van der Waals surface area contributed by atoms with E-state index in [9.17, 15) is 8.78 Å². The smallest absolute Gasteiger partial charge is 0.157 e. The molecule has 0 saturated heterocycles. The van der Waals surface area contributed by atoms with Gasteiger partial charge in [-0.05, 0) is 0 Å². The highest BCUT2D eigenvalue weighted by molar-refractivity contribution is 7.59. The molecule has 3 heteroatoms. The summed E-state index contributed by atoms with van der Waals surface area (Å²) >= 11 is 1.98. The molecule has 0 nitrogen and oxygen atoms in total. The zero-order valence-electron chi connectivity index (χ0n) is 1.83. The van der Waals surface area contributed by atoms with Crippen LogP contribution in [0.15, 0.2) is 0 Å². The van der Waals surface area contributed by atoms with E-state index in [-0.39, 0.29) is 0 Å². The lowest BCUT2D eigenvalue weighted by Gasteiger charge is -1.60. The molecule has 0 spiro atoms. The van der Waals surface area contributed by atoms with E-state index in [2.05, 4.69) is 0 Å². The number of halogens is 2. The lowest BCUT2D eigenvalue weighted by atomic mass is 11.7. The van der Waals surface area contributed by atoms with Crippen molar-refractivity contribution in [2.75, 3.05) is 0 Å². The second-order valence-corrected chi connectivity index (χ2v) is 0.737.